The maximum atomic E-state index is 13.1. The van der Waals surface area contributed by atoms with E-state index in [9.17, 15) is 4.79 Å². The molecule has 0 saturated heterocycles. The predicted octanol–water partition coefficient (Wildman–Crippen LogP) is 8.96. The number of rotatable bonds is 17. The van der Waals surface area contributed by atoms with E-state index >= 15 is 0 Å². The monoisotopic (exact) mass is 596 g/mol. The molecule has 0 aliphatic rings. The Labute approximate surface area is 261 Å². The van der Waals surface area contributed by atoms with Crippen molar-refractivity contribution in [3.63, 3.8) is 0 Å². The minimum atomic E-state index is -0.191. The lowest BCUT2D eigenvalue weighted by molar-refractivity contribution is 0.116. The van der Waals surface area contributed by atoms with Gasteiger partial charge in [0.05, 0.1) is 27.9 Å². The number of unbranched alkanes of at least 4 members (excludes halogenated alkanes) is 9. The minimum Gasteiger partial charge on any atom is -0.497 e. The fraction of sp³-hybridized carbons (Fsp3) is 0.395. The highest BCUT2D eigenvalue weighted by molar-refractivity contribution is 5.87. The Hall–Kier alpha value is -4.21. The van der Waals surface area contributed by atoms with Crippen LogP contribution in [0.3, 0.4) is 0 Å². The molecule has 0 bridgehead atoms. The lowest BCUT2D eigenvalue weighted by Gasteiger charge is -2.10. The van der Waals surface area contributed by atoms with Crippen molar-refractivity contribution >= 4 is 11.0 Å². The molecule has 1 heterocycles. The summed E-state index contributed by atoms with van der Waals surface area (Å²) in [6, 6.07) is 20.8. The van der Waals surface area contributed by atoms with Crippen LogP contribution < -0.4 is 19.6 Å². The average molecular weight is 597 g/mol. The highest BCUT2D eigenvalue weighted by Gasteiger charge is 2.15. The molecular formula is C38H44O6. The SMILES string of the molecule is COc1ccc(-c2cc(=O)c3c(OC)cc(OC)cc3o2)c(C#CCCCCCCCCCCCOCc2ccccc2)c1. The third-order valence-corrected chi connectivity index (χ3v) is 7.64. The van der Waals surface area contributed by atoms with Gasteiger partial charge in [0.2, 0.25) is 0 Å². The molecule has 3 aromatic carbocycles. The minimum absolute atomic E-state index is 0.191. The van der Waals surface area contributed by atoms with Gasteiger partial charge in [-0.2, -0.15) is 0 Å². The molecule has 0 saturated carbocycles. The van der Waals surface area contributed by atoms with Crippen LogP contribution in [-0.2, 0) is 11.3 Å². The van der Waals surface area contributed by atoms with Crippen LogP contribution in [0.15, 0.2) is 75.9 Å². The predicted molar refractivity (Wildman–Crippen MR) is 177 cm³/mol. The fourth-order valence-corrected chi connectivity index (χ4v) is 5.19. The van der Waals surface area contributed by atoms with Gasteiger partial charge in [-0.25, -0.2) is 0 Å². The van der Waals surface area contributed by atoms with E-state index in [1.165, 1.54) is 63.7 Å². The van der Waals surface area contributed by atoms with Crippen LogP contribution in [0.4, 0.5) is 0 Å². The van der Waals surface area contributed by atoms with Gasteiger partial charge in [-0.1, -0.05) is 87.1 Å². The van der Waals surface area contributed by atoms with Gasteiger partial charge in [-0.3, -0.25) is 4.79 Å². The van der Waals surface area contributed by atoms with Crippen LogP contribution in [0.5, 0.6) is 17.2 Å². The molecule has 6 heteroatoms. The quantitative estimate of drug-likeness (QED) is 0.0895. The van der Waals surface area contributed by atoms with E-state index in [-0.39, 0.29) is 5.43 Å². The summed E-state index contributed by atoms with van der Waals surface area (Å²) in [6.07, 6.45) is 11.8. The number of ether oxygens (including phenoxy) is 4. The first-order chi connectivity index (χ1) is 21.6. The summed E-state index contributed by atoms with van der Waals surface area (Å²) in [5.74, 6) is 8.71. The van der Waals surface area contributed by atoms with Crippen LogP contribution >= 0.6 is 0 Å². The number of fused-ring (bicyclic) bond motifs is 1. The molecule has 0 atom stereocenters. The zero-order valence-electron chi connectivity index (χ0n) is 26.3. The van der Waals surface area contributed by atoms with E-state index in [4.69, 9.17) is 23.4 Å². The highest BCUT2D eigenvalue weighted by Crippen LogP contribution is 2.33. The van der Waals surface area contributed by atoms with E-state index < -0.39 is 0 Å². The molecule has 232 valence electrons. The largest absolute Gasteiger partial charge is 0.497 e. The van der Waals surface area contributed by atoms with Crippen molar-refractivity contribution in [2.45, 2.75) is 70.8 Å². The van der Waals surface area contributed by atoms with Crippen LogP contribution in [0, 0.1) is 11.8 Å². The number of methoxy groups -OCH3 is 3. The summed E-state index contributed by atoms with van der Waals surface area (Å²) in [5.41, 5.74) is 2.94. The molecule has 44 heavy (non-hydrogen) atoms. The molecule has 0 amide bonds. The Morgan fingerprint density at radius 3 is 2.11 bits per heavy atom. The van der Waals surface area contributed by atoms with E-state index in [1.807, 2.05) is 24.3 Å². The second kappa shape index (κ2) is 17.8. The molecule has 1 aromatic heterocycles. The van der Waals surface area contributed by atoms with Gasteiger partial charge in [0.15, 0.2) is 5.43 Å². The summed E-state index contributed by atoms with van der Waals surface area (Å²) in [6.45, 7) is 1.55. The zero-order chi connectivity index (χ0) is 31.0. The zero-order valence-corrected chi connectivity index (χ0v) is 26.3. The molecule has 4 aromatic rings. The first kappa shape index (κ1) is 32.7. The normalized spacial score (nSPS) is 10.8. The van der Waals surface area contributed by atoms with Crippen molar-refractivity contribution in [2.24, 2.45) is 0 Å². The smallest absolute Gasteiger partial charge is 0.197 e. The van der Waals surface area contributed by atoms with E-state index in [1.54, 1.807) is 26.4 Å². The molecule has 0 fully saturated rings. The summed E-state index contributed by atoms with van der Waals surface area (Å²) < 4.78 is 28.2. The Kier molecular flexibility index (Phi) is 13.2. The lowest BCUT2D eigenvalue weighted by Crippen LogP contribution is -2.03. The second-order valence-electron chi connectivity index (χ2n) is 10.9. The maximum Gasteiger partial charge on any atom is 0.197 e. The third-order valence-electron chi connectivity index (χ3n) is 7.64. The molecule has 4 rings (SSSR count). The molecule has 6 nitrogen and oxygen atoms in total. The molecular weight excluding hydrogens is 552 g/mol. The van der Waals surface area contributed by atoms with Gasteiger partial charge in [0, 0.05) is 42.4 Å². The Morgan fingerprint density at radius 1 is 0.705 bits per heavy atom. The Morgan fingerprint density at radius 2 is 1.41 bits per heavy atom. The molecule has 0 unspecified atom stereocenters. The number of hydrogen-bond donors (Lipinski definition) is 0. The third kappa shape index (κ3) is 9.65. The molecule has 0 radical (unpaired) electrons. The first-order valence-corrected chi connectivity index (χ1v) is 15.6. The molecule has 0 spiro atoms. The van der Waals surface area contributed by atoms with Crippen molar-refractivity contribution in [1.82, 2.24) is 0 Å². The number of hydrogen-bond acceptors (Lipinski definition) is 6. The van der Waals surface area contributed by atoms with Gasteiger partial charge in [-0.15, -0.1) is 0 Å². The highest BCUT2D eigenvalue weighted by atomic mass is 16.5. The van der Waals surface area contributed by atoms with Gasteiger partial charge in [0.1, 0.15) is 34.0 Å². The molecule has 0 N–H and O–H groups in total. The van der Waals surface area contributed by atoms with Crippen molar-refractivity contribution < 1.29 is 23.4 Å². The standard InChI is InChI=1S/C38H44O6/c1-40-31-21-22-33(35-27-34(39)38-36(42-3)25-32(41-2)26-37(38)44-35)30(24-31)20-16-11-9-7-5-4-6-8-10-12-17-23-43-28-29-18-14-13-15-19-29/h13-15,18-19,21-22,24-27H,4-12,17,23,28H2,1-3H3. The summed E-state index contributed by atoms with van der Waals surface area (Å²) in [7, 11) is 4.71. The fourth-order valence-electron chi connectivity index (χ4n) is 5.19. The van der Waals surface area contributed by atoms with Gasteiger partial charge in [0.25, 0.3) is 0 Å². The summed E-state index contributed by atoms with van der Waals surface area (Å²) >= 11 is 0. The summed E-state index contributed by atoms with van der Waals surface area (Å²) in [5, 5.41) is 0.377. The van der Waals surface area contributed by atoms with Crippen LogP contribution in [-0.4, -0.2) is 27.9 Å². The number of benzene rings is 3. The lowest BCUT2D eigenvalue weighted by atomic mass is 10.0. The Balaban J connectivity index is 1.21. The van der Waals surface area contributed by atoms with Crippen LogP contribution in [0.2, 0.25) is 0 Å². The van der Waals surface area contributed by atoms with Crippen molar-refractivity contribution in [3.05, 3.63) is 88.1 Å². The first-order valence-electron chi connectivity index (χ1n) is 15.6. The van der Waals surface area contributed by atoms with E-state index in [0.717, 1.165) is 37.0 Å². The summed E-state index contributed by atoms with van der Waals surface area (Å²) in [4.78, 5) is 13.1. The second-order valence-corrected chi connectivity index (χ2v) is 10.9. The van der Waals surface area contributed by atoms with Crippen LogP contribution in [0.1, 0.15) is 75.3 Å². The Bertz CT molecular complexity index is 1580. The van der Waals surface area contributed by atoms with Crippen molar-refractivity contribution in [2.75, 3.05) is 27.9 Å². The van der Waals surface area contributed by atoms with Gasteiger partial charge >= 0.3 is 0 Å². The van der Waals surface area contributed by atoms with E-state index in [2.05, 4.69) is 36.1 Å². The van der Waals surface area contributed by atoms with Crippen LogP contribution in [0.25, 0.3) is 22.3 Å². The van der Waals surface area contributed by atoms with Gasteiger partial charge < -0.3 is 23.4 Å². The van der Waals surface area contributed by atoms with Crippen molar-refractivity contribution in [3.8, 4) is 40.4 Å². The molecule has 0 aliphatic heterocycles. The van der Waals surface area contributed by atoms with E-state index in [0.29, 0.717) is 40.6 Å². The van der Waals surface area contributed by atoms with Gasteiger partial charge in [-0.05, 0) is 36.6 Å². The molecule has 0 aliphatic carbocycles. The van der Waals surface area contributed by atoms with Crippen molar-refractivity contribution in [1.29, 1.82) is 0 Å². The maximum absolute atomic E-state index is 13.1. The average Bonchev–Trinajstić information content (AvgIpc) is 3.06. The topological polar surface area (TPSA) is 67.1 Å².